The molecule has 8 heteroatoms. The molecule has 1 aromatic rings. The predicted molar refractivity (Wildman–Crippen MR) is 86.4 cm³/mol. The number of ether oxygens (including phenoxy) is 1. The summed E-state index contributed by atoms with van der Waals surface area (Å²) in [7, 11) is 0. The van der Waals surface area contributed by atoms with Crippen molar-refractivity contribution in [1.82, 2.24) is 0 Å². The number of carbonyl (C=O) groups is 3. The van der Waals surface area contributed by atoms with Crippen molar-refractivity contribution < 1.29 is 24.0 Å². The molecule has 0 spiro atoms. The van der Waals surface area contributed by atoms with E-state index >= 15 is 0 Å². The number of carbonyl (C=O) groups excluding carboxylic acids is 3. The lowest BCUT2D eigenvalue weighted by Gasteiger charge is -2.48. The van der Waals surface area contributed by atoms with Gasteiger partial charge in [-0.3, -0.25) is 24.5 Å². The van der Waals surface area contributed by atoms with Crippen LogP contribution in [0.1, 0.15) is 33.6 Å². The van der Waals surface area contributed by atoms with E-state index in [-0.39, 0.29) is 17.8 Å². The SMILES string of the molecule is CC12CCC(C(=O)Nc3cccc([N+](=O)[O-])c3)(C(=O)OC1=O)C2(C)C. The van der Waals surface area contributed by atoms with E-state index in [1.165, 1.54) is 24.3 Å². The maximum Gasteiger partial charge on any atom is 0.329 e. The molecule has 1 aromatic carbocycles. The van der Waals surface area contributed by atoms with Gasteiger partial charge in [-0.05, 0) is 25.8 Å². The van der Waals surface area contributed by atoms with E-state index in [0.717, 1.165) is 0 Å². The molecule has 2 unspecified atom stereocenters. The molecule has 1 saturated carbocycles. The predicted octanol–water partition coefficient (Wildman–Crippen LogP) is 2.43. The number of esters is 2. The monoisotopic (exact) mass is 346 g/mol. The van der Waals surface area contributed by atoms with Crippen LogP contribution in [0.15, 0.2) is 24.3 Å². The van der Waals surface area contributed by atoms with E-state index < -0.39 is 39.0 Å². The Bertz CT molecular complexity index is 817. The Morgan fingerprint density at radius 2 is 1.88 bits per heavy atom. The van der Waals surface area contributed by atoms with Crippen LogP contribution in [0.4, 0.5) is 11.4 Å². The zero-order valence-electron chi connectivity index (χ0n) is 14.1. The summed E-state index contributed by atoms with van der Waals surface area (Å²) in [5.74, 6) is -2.08. The van der Waals surface area contributed by atoms with E-state index in [9.17, 15) is 24.5 Å². The quantitative estimate of drug-likeness (QED) is 0.389. The molecule has 25 heavy (non-hydrogen) atoms. The number of nitro groups is 1. The molecule has 1 aliphatic carbocycles. The van der Waals surface area contributed by atoms with E-state index in [1.807, 2.05) is 0 Å². The number of fused-ring (bicyclic) bond motifs is 2. The van der Waals surface area contributed by atoms with Crippen LogP contribution in [0.2, 0.25) is 0 Å². The Kier molecular flexibility index (Phi) is 3.49. The third kappa shape index (κ3) is 2.03. The largest absolute Gasteiger partial charge is 0.392 e. The summed E-state index contributed by atoms with van der Waals surface area (Å²) in [5, 5.41) is 13.5. The smallest absolute Gasteiger partial charge is 0.329 e. The van der Waals surface area contributed by atoms with Crippen LogP contribution in [-0.2, 0) is 19.1 Å². The third-order valence-corrected chi connectivity index (χ3v) is 6.13. The van der Waals surface area contributed by atoms with E-state index in [1.54, 1.807) is 20.8 Å². The standard InChI is InChI=1S/C17H18N2O6/c1-15(2)16(3)7-8-17(15,14(22)25-13(16)21)12(20)18-10-5-4-6-11(9-10)19(23)24/h4-6,9H,7-8H2,1-3H3,(H,18,20). The molecule has 1 N–H and O–H groups in total. The zero-order chi connectivity index (χ0) is 18.6. The minimum absolute atomic E-state index is 0.174. The Balaban J connectivity index is 1.99. The topological polar surface area (TPSA) is 116 Å². The van der Waals surface area contributed by atoms with Crippen molar-refractivity contribution >= 4 is 29.2 Å². The van der Waals surface area contributed by atoms with Gasteiger partial charge >= 0.3 is 11.9 Å². The van der Waals surface area contributed by atoms with Gasteiger partial charge in [0.15, 0.2) is 5.41 Å². The molecule has 1 aliphatic heterocycles. The van der Waals surface area contributed by atoms with Crippen LogP contribution in [0.5, 0.6) is 0 Å². The summed E-state index contributed by atoms with van der Waals surface area (Å²) in [4.78, 5) is 48.0. The Hall–Kier alpha value is -2.77. The maximum absolute atomic E-state index is 13.0. The number of hydrogen-bond acceptors (Lipinski definition) is 6. The molecule has 2 bridgehead atoms. The number of nitrogens with one attached hydrogen (secondary N) is 1. The molecular formula is C17H18N2O6. The molecular weight excluding hydrogens is 328 g/mol. The van der Waals surface area contributed by atoms with Crippen molar-refractivity contribution in [3.05, 3.63) is 34.4 Å². The highest BCUT2D eigenvalue weighted by Gasteiger charge is 2.75. The second kappa shape index (κ2) is 5.11. The highest BCUT2D eigenvalue weighted by Crippen LogP contribution is 2.66. The number of rotatable bonds is 3. The van der Waals surface area contributed by atoms with Crippen LogP contribution in [0, 0.1) is 26.4 Å². The molecule has 2 fully saturated rings. The van der Waals surface area contributed by atoms with Gasteiger partial charge in [-0.2, -0.15) is 0 Å². The van der Waals surface area contributed by atoms with Gasteiger partial charge in [0.05, 0.1) is 10.3 Å². The second-order valence-corrected chi connectivity index (χ2v) is 7.30. The van der Waals surface area contributed by atoms with Crippen molar-refractivity contribution in [1.29, 1.82) is 0 Å². The highest BCUT2D eigenvalue weighted by atomic mass is 16.6. The second-order valence-electron chi connectivity index (χ2n) is 7.30. The number of anilines is 1. The van der Waals surface area contributed by atoms with Crippen molar-refractivity contribution in [3.63, 3.8) is 0 Å². The number of hydrogen-bond donors (Lipinski definition) is 1. The van der Waals surface area contributed by atoms with Crippen molar-refractivity contribution in [3.8, 4) is 0 Å². The summed E-state index contributed by atoms with van der Waals surface area (Å²) >= 11 is 0. The molecule has 2 aliphatic rings. The van der Waals surface area contributed by atoms with E-state index in [4.69, 9.17) is 4.74 Å². The molecule has 3 rings (SSSR count). The average molecular weight is 346 g/mol. The van der Waals surface area contributed by atoms with Gasteiger partial charge in [0.2, 0.25) is 5.91 Å². The Morgan fingerprint density at radius 3 is 2.52 bits per heavy atom. The van der Waals surface area contributed by atoms with Crippen LogP contribution < -0.4 is 5.32 Å². The van der Waals surface area contributed by atoms with Gasteiger partial charge in [-0.15, -0.1) is 0 Å². The first-order valence-corrected chi connectivity index (χ1v) is 7.89. The maximum atomic E-state index is 13.0. The first kappa shape index (κ1) is 17.1. The van der Waals surface area contributed by atoms with Gasteiger partial charge in [0.25, 0.3) is 5.69 Å². The number of benzene rings is 1. The molecule has 0 aromatic heterocycles. The lowest BCUT2D eigenvalue weighted by atomic mass is 9.57. The molecule has 8 nitrogen and oxygen atoms in total. The molecule has 1 heterocycles. The first-order valence-electron chi connectivity index (χ1n) is 7.89. The molecule has 0 radical (unpaired) electrons. The fourth-order valence-corrected chi connectivity index (χ4v) is 3.96. The number of non-ortho nitro benzene ring substituents is 1. The van der Waals surface area contributed by atoms with Gasteiger partial charge in [-0.25, -0.2) is 0 Å². The van der Waals surface area contributed by atoms with E-state index in [0.29, 0.717) is 6.42 Å². The minimum Gasteiger partial charge on any atom is -0.392 e. The van der Waals surface area contributed by atoms with Crippen LogP contribution in [0.3, 0.4) is 0 Å². The van der Waals surface area contributed by atoms with Crippen LogP contribution in [0.25, 0.3) is 0 Å². The fraction of sp³-hybridized carbons (Fsp3) is 0.471. The number of cyclic esters (lactones) is 2. The lowest BCUT2D eigenvalue weighted by molar-refractivity contribution is -0.384. The van der Waals surface area contributed by atoms with E-state index in [2.05, 4.69) is 5.32 Å². The van der Waals surface area contributed by atoms with Gasteiger partial charge < -0.3 is 10.1 Å². The fourth-order valence-electron chi connectivity index (χ4n) is 3.96. The lowest BCUT2D eigenvalue weighted by Crippen LogP contribution is -2.60. The number of nitrogens with zero attached hydrogens (tertiary/aromatic N) is 1. The van der Waals surface area contributed by atoms with Crippen LogP contribution in [-0.4, -0.2) is 22.8 Å². The number of amides is 1. The van der Waals surface area contributed by atoms with Crippen molar-refractivity contribution in [2.24, 2.45) is 16.2 Å². The zero-order valence-corrected chi connectivity index (χ0v) is 14.1. The molecule has 132 valence electrons. The van der Waals surface area contributed by atoms with Crippen molar-refractivity contribution in [2.45, 2.75) is 33.6 Å². The van der Waals surface area contributed by atoms with Gasteiger partial charge in [0.1, 0.15) is 0 Å². The molecule has 1 saturated heterocycles. The van der Waals surface area contributed by atoms with Gasteiger partial charge in [-0.1, -0.05) is 19.9 Å². The number of nitro benzene ring substituents is 1. The normalized spacial score (nSPS) is 29.9. The average Bonchev–Trinajstić information content (AvgIpc) is 2.68. The van der Waals surface area contributed by atoms with Gasteiger partial charge in [0, 0.05) is 23.2 Å². The molecule has 2 atom stereocenters. The third-order valence-electron chi connectivity index (χ3n) is 6.13. The molecule has 1 amide bonds. The summed E-state index contributed by atoms with van der Waals surface area (Å²) in [5.41, 5.74) is -3.37. The van der Waals surface area contributed by atoms with Crippen LogP contribution >= 0.6 is 0 Å². The minimum atomic E-state index is -1.51. The van der Waals surface area contributed by atoms with Crippen molar-refractivity contribution in [2.75, 3.05) is 5.32 Å². The first-order chi connectivity index (χ1) is 11.6. The Morgan fingerprint density at radius 1 is 1.20 bits per heavy atom. The summed E-state index contributed by atoms with van der Waals surface area (Å²) in [6, 6.07) is 5.47. The summed E-state index contributed by atoms with van der Waals surface area (Å²) < 4.78 is 4.89. The Labute approximate surface area is 143 Å². The highest BCUT2D eigenvalue weighted by molar-refractivity contribution is 6.15. The summed E-state index contributed by atoms with van der Waals surface area (Å²) in [6.07, 6.45) is 0.536. The summed E-state index contributed by atoms with van der Waals surface area (Å²) in [6.45, 7) is 5.13.